The predicted octanol–water partition coefficient (Wildman–Crippen LogP) is 3.88. The molecule has 0 aliphatic carbocycles. The Morgan fingerprint density at radius 3 is 2.44 bits per heavy atom. The molecule has 2 N–H and O–H groups in total. The fraction of sp³-hybridized carbons (Fsp3) is 0.100. The smallest absolute Gasteiger partial charge is 0.287 e. The average molecular weight is 351 g/mol. The van der Waals surface area contributed by atoms with Crippen molar-refractivity contribution < 1.29 is 14.1 Å². The minimum absolute atomic E-state index is 0.119. The number of aromatic nitrogens is 1. The Labute approximate surface area is 152 Å². The zero-order chi connectivity index (χ0) is 17.6. The predicted molar refractivity (Wildman–Crippen MR) is 102 cm³/mol. The van der Waals surface area contributed by atoms with Crippen LogP contribution in [-0.2, 0) is 6.54 Å². The monoisotopic (exact) mass is 351 g/mol. The topological polar surface area (TPSA) is 49.3 Å². The fourth-order valence-corrected chi connectivity index (χ4v) is 2.68. The second-order valence-corrected chi connectivity index (χ2v) is 6.02. The van der Waals surface area contributed by atoms with Crippen LogP contribution in [0.2, 0.25) is 0 Å². The van der Waals surface area contributed by atoms with E-state index in [1.807, 2.05) is 73.9 Å². The van der Waals surface area contributed by atoms with E-state index in [1.165, 1.54) is 0 Å². The number of thiocarbonyl (C=S) groups is 1. The highest BCUT2D eigenvalue weighted by atomic mass is 32.1. The van der Waals surface area contributed by atoms with Crippen LogP contribution in [0.4, 0.5) is 0 Å². The first-order valence-electron chi connectivity index (χ1n) is 7.92. The quantitative estimate of drug-likeness (QED) is 0.317. The number of benzene rings is 1. The van der Waals surface area contributed by atoms with Gasteiger partial charge in [0.15, 0.2) is 23.1 Å². The molecule has 126 valence electrons. The van der Waals surface area contributed by atoms with Gasteiger partial charge in [0.05, 0.1) is 12.8 Å². The maximum atomic E-state index is 10.9. The van der Waals surface area contributed by atoms with Gasteiger partial charge >= 0.3 is 0 Å². The van der Waals surface area contributed by atoms with Crippen molar-refractivity contribution in [2.24, 2.45) is 0 Å². The summed E-state index contributed by atoms with van der Waals surface area (Å²) in [5, 5.41) is 14.0. The van der Waals surface area contributed by atoms with Gasteiger partial charge in [-0.3, -0.25) is 0 Å². The van der Waals surface area contributed by atoms with Crippen LogP contribution in [0, 0.1) is 6.92 Å². The molecule has 0 amide bonds. The Morgan fingerprint density at radius 2 is 1.80 bits per heavy atom. The molecule has 0 radical (unpaired) electrons. The number of aryl methyl sites for hydroxylation is 1. The van der Waals surface area contributed by atoms with Crippen LogP contribution in [0.1, 0.15) is 16.9 Å². The summed E-state index contributed by atoms with van der Waals surface area (Å²) >= 11 is 5.54. The van der Waals surface area contributed by atoms with Gasteiger partial charge in [-0.15, -0.1) is 0 Å². The van der Waals surface area contributed by atoms with Crippen molar-refractivity contribution in [3.8, 4) is 0 Å². The van der Waals surface area contributed by atoms with Gasteiger partial charge in [0.1, 0.15) is 5.76 Å². The number of nitrogens with one attached hydrogen (secondary N) is 1. The second kappa shape index (κ2) is 7.77. The molecule has 0 saturated carbocycles. The van der Waals surface area contributed by atoms with Crippen molar-refractivity contribution in [3.05, 3.63) is 90.1 Å². The van der Waals surface area contributed by atoms with Gasteiger partial charge in [-0.1, -0.05) is 48.1 Å². The van der Waals surface area contributed by atoms with Crippen LogP contribution in [0.25, 0.3) is 11.5 Å². The highest BCUT2D eigenvalue weighted by Gasteiger charge is 2.23. The van der Waals surface area contributed by atoms with Crippen LogP contribution in [0.5, 0.6) is 0 Å². The summed E-state index contributed by atoms with van der Waals surface area (Å²) < 4.78 is 7.12. The van der Waals surface area contributed by atoms with Gasteiger partial charge in [-0.05, 0) is 19.1 Å². The van der Waals surface area contributed by atoms with E-state index in [4.69, 9.17) is 16.6 Å². The van der Waals surface area contributed by atoms with Crippen LogP contribution in [0.15, 0.2) is 77.7 Å². The van der Waals surface area contributed by atoms with Gasteiger partial charge in [0, 0.05) is 17.7 Å². The highest BCUT2D eigenvalue weighted by molar-refractivity contribution is 7.81. The van der Waals surface area contributed by atoms with Gasteiger partial charge in [0.25, 0.3) is 5.70 Å². The van der Waals surface area contributed by atoms with Gasteiger partial charge in [0.2, 0.25) is 0 Å². The van der Waals surface area contributed by atoms with Crippen LogP contribution in [0.3, 0.4) is 0 Å². The number of furan rings is 1. The lowest BCUT2D eigenvalue weighted by atomic mass is 10.1. The number of hydrogen-bond donors (Lipinski definition) is 2. The first kappa shape index (κ1) is 16.9. The number of hydrogen-bond acceptors (Lipinski definition) is 3. The Kier molecular flexibility index (Phi) is 5.26. The van der Waals surface area contributed by atoms with Crippen molar-refractivity contribution in [3.63, 3.8) is 0 Å². The van der Waals surface area contributed by atoms with E-state index in [9.17, 15) is 5.11 Å². The molecule has 5 heteroatoms. The molecule has 0 aliphatic rings. The van der Waals surface area contributed by atoms with Crippen molar-refractivity contribution in [1.29, 1.82) is 0 Å². The maximum absolute atomic E-state index is 10.9. The number of nitrogens with zero attached hydrogens (tertiary/aromatic N) is 1. The summed E-state index contributed by atoms with van der Waals surface area (Å²) in [6.45, 7) is 2.46. The molecule has 0 atom stereocenters. The number of pyridine rings is 1. The molecule has 1 aromatic carbocycles. The summed E-state index contributed by atoms with van der Waals surface area (Å²) in [4.78, 5) is 0.436. The molecule has 0 fully saturated rings. The van der Waals surface area contributed by atoms with Crippen molar-refractivity contribution in [2.75, 3.05) is 0 Å². The molecule has 0 unspecified atom stereocenters. The lowest BCUT2D eigenvalue weighted by molar-refractivity contribution is -0.576. The number of aliphatic hydroxyl groups excluding tert-OH is 1. The third-order valence-corrected chi connectivity index (χ3v) is 4.08. The molecular weight excluding hydrogens is 332 g/mol. The van der Waals surface area contributed by atoms with Crippen molar-refractivity contribution in [2.45, 2.75) is 13.5 Å². The number of rotatable bonds is 5. The first-order chi connectivity index (χ1) is 12.1. The van der Waals surface area contributed by atoms with E-state index in [2.05, 4.69) is 5.32 Å². The Balaban J connectivity index is 1.96. The van der Waals surface area contributed by atoms with E-state index in [0.717, 1.165) is 11.3 Å². The Hall–Kier alpha value is -2.92. The molecular formula is C20H19N2O2S+. The molecule has 3 rings (SSSR count). The van der Waals surface area contributed by atoms with E-state index in [-0.39, 0.29) is 5.76 Å². The molecule has 2 heterocycles. The summed E-state index contributed by atoms with van der Waals surface area (Å²) in [6.07, 6.45) is 5.31. The normalized spacial score (nSPS) is 11.7. The van der Waals surface area contributed by atoms with Crippen LogP contribution >= 0.6 is 12.2 Å². The minimum atomic E-state index is 0.119. The zero-order valence-electron chi connectivity index (χ0n) is 13.8. The van der Waals surface area contributed by atoms with Crippen molar-refractivity contribution >= 4 is 28.7 Å². The molecule has 0 aliphatic heterocycles. The largest absolute Gasteiger partial charge is 0.502 e. The summed E-state index contributed by atoms with van der Waals surface area (Å²) in [5.41, 5.74) is 2.36. The van der Waals surface area contributed by atoms with Gasteiger partial charge in [-0.25, -0.2) is 0 Å². The lowest BCUT2D eigenvalue weighted by Crippen LogP contribution is -2.40. The molecule has 0 spiro atoms. The van der Waals surface area contributed by atoms with Crippen LogP contribution in [-0.4, -0.2) is 10.1 Å². The van der Waals surface area contributed by atoms with Crippen molar-refractivity contribution in [1.82, 2.24) is 5.32 Å². The van der Waals surface area contributed by atoms with Crippen LogP contribution < -0.4 is 9.88 Å². The molecule has 0 saturated heterocycles. The first-order valence-corrected chi connectivity index (χ1v) is 8.33. The lowest BCUT2D eigenvalue weighted by Gasteiger charge is -2.09. The summed E-state index contributed by atoms with van der Waals surface area (Å²) in [7, 11) is 0. The van der Waals surface area contributed by atoms with E-state index >= 15 is 0 Å². The average Bonchev–Trinajstić information content (AvgIpc) is 3.15. The number of aliphatic hydroxyl groups is 1. The summed E-state index contributed by atoms with van der Waals surface area (Å²) in [6, 6.07) is 17.1. The fourth-order valence-electron chi connectivity index (χ4n) is 2.41. The highest BCUT2D eigenvalue weighted by Crippen LogP contribution is 2.18. The summed E-state index contributed by atoms with van der Waals surface area (Å²) in [5.74, 6) is 0.891. The zero-order valence-corrected chi connectivity index (χ0v) is 14.7. The standard InChI is InChI=1S/C20H18N2O2S/c1-15-7-9-16(10-8-15)19(23)18(22-11-3-2-4-12-22)20(25)21-14-17-6-5-13-24-17/h2-13H,14H2,1H3,(H-,21,23,25)/p+1. The molecule has 2 aromatic heterocycles. The minimum Gasteiger partial charge on any atom is -0.502 e. The molecule has 4 nitrogen and oxygen atoms in total. The maximum Gasteiger partial charge on any atom is 0.287 e. The Bertz CT molecular complexity index is 870. The second-order valence-electron chi connectivity index (χ2n) is 5.61. The molecule has 3 aromatic rings. The Morgan fingerprint density at radius 1 is 1.08 bits per heavy atom. The van der Waals surface area contributed by atoms with Gasteiger partial charge in [-0.2, -0.15) is 4.57 Å². The third-order valence-electron chi connectivity index (χ3n) is 3.74. The van der Waals surface area contributed by atoms with Gasteiger partial charge < -0.3 is 14.8 Å². The van der Waals surface area contributed by atoms with E-state index in [1.54, 1.807) is 10.8 Å². The SMILES string of the molecule is Cc1ccc(C(O)=C(C(=S)NCc2ccco2)[n+]2ccccc2)cc1. The van der Waals surface area contributed by atoms with E-state index < -0.39 is 0 Å². The third kappa shape index (κ3) is 4.14. The molecule has 0 bridgehead atoms. The molecule has 25 heavy (non-hydrogen) atoms. The van der Waals surface area contributed by atoms with E-state index in [0.29, 0.717) is 22.8 Å².